The Kier molecular flexibility index (Phi) is 7.41. The van der Waals surface area contributed by atoms with E-state index in [1.165, 1.54) is 0 Å². The molecule has 0 spiro atoms. The molecule has 1 atom stereocenters. The molecule has 116 valence electrons. The molecule has 0 saturated carbocycles. The predicted octanol–water partition coefficient (Wildman–Crippen LogP) is 2.95. The molecule has 1 heterocycles. The van der Waals surface area contributed by atoms with E-state index in [9.17, 15) is 9.59 Å². The first-order valence-corrected chi connectivity index (χ1v) is 7.87. The summed E-state index contributed by atoms with van der Waals surface area (Å²) in [6.45, 7) is 6.50. The number of rotatable bonds is 7. The van der Waals surface area contributed by atoms with Crippen molar-refractivity contribution in [3.63, 3.8) is 0 Å². The van der Waals surface area contributed by atoms with Crippen molar-refractivity contribution in [1.29, 1.82) is 0 Å². The summed E-state index contributed by atoms with van der Waals surface area (Å²) >= 11 is 0. The Hall–Kier alpha value is -1.26. The van der Waals surface area contributed by atoms with Gasteiger partial charge in [0.15, 0.2) is 0 Å². The second-order valence-corrected chi connectivity index (χ2v) is 5.55. The predicted molar refractivity (Wildman–Crippen MR) is 78.8 cm³/mol. The molecule has 0 bridgehead atoms. The summed E-state index contributed by atoms with van der Waals surface area (Å²) in [7, 11) is 0. The number of likely N-dealkylation sites (tertiary alicyclic amines) is 1. The van der Waals surface area contributed by atoms with Crippen LogP contribution in [-0.2, 0) is 4.79 Å². The molecule has 2 amide bonds. The van der Waals surface area contributed by atoms with Crippen LogP contribution in [0.3, 0.4) is 0 Å². The average molecular weight is 284 g/mol. The fraction of sp³-hybridized carbons (Fsp3) is 0.867. The Morgan fingerprint density at radius 3 is 2.40 bits per heavy atom. The number of carbonyl (C=O) groups excluding carboxylic acids is 1. The monoisotopic (exact) mass is 284 g/mol. The van der Waals surface area contributed by atoms with E-state index in [1.54, 1.807) is 0 Å². The lowest BCUT2D eigenvalue weighted by molar-refractivity contribution is -0.137. The molecule has 5 nitrogen and oxygen atoms in total. The Bertz CT molecular complexity index is 314. The van der Waals surface area contributed by atoms with Gasteiger partial charge in [0.05, 0.1) is 0 Å². The number of hydrogen-bond acceptors (Lipinski definition) is 2. The molecule has 1 unspecified atom stereocenters. The van der Waals surface area contributed by atoms with Crippen LogP contribution in [-0.4, -0.2) is 52.6 Å². The number of carboxylic acid groups (broad SMARTS) is 1. The highest BCUT2D eigenvalue weighted by Gasteiger charge is 2.29. The lowest BCUT2D eigenvalue weighted by Gasteiger charge is -2.39. The van der Waals surface area contributed by atoms with Gasteiger partial charge < -0.3 is 14.9 Å². The SMILES string of the molecule is CCCN(CCC)C(=O)N1CCCCC1CCC(=O)O. The standard InChI is InChI=1S/C15H28N2O3/c1-3-10-16(11-4-2)15(20)17-12-6-5-7-13(17)8-9-14(18)19/h13H,3-12H2,1-2H3,(H,18,19). The van der Waals surface area contributed by atoms with Gasteiger partial charge in [0, 0.05) is 32.1 Å². The summed E-state index contributed by atoms with van der Waals surface area (Å²) in [6.07, 6.45) is 5.70. The third kappa shape index (κ3) is 5.02. The van der Waals surface area contributed by atoms with Crippen molar-refractivity contribution in [2.45, 2.75) is 64.8 Å². The van der Waals surface area contributed by atoms with Crippen LogP contribution in [0.4, 0.5) is 4.79 Å². The summed E-state index contributed by atoms with van der Waals surface area (Å²) in [6, 6.07) is 0.201. The topological polar surface area (TPSA) is 60.9 Å². The maximum Gasteiger partial charge on any atom is 0.320 e. The summed E-state index contributed by atoms with van der Waals surface area (Å²) in [4.78, 5) is 27.2. The number of carboxylic acids is 1. The quantitative estimate of drug-likeness (QED) is 0.782. The number of aliphatic carboxylic acids is 1. The van der Waals surface area contributed by atoms with Crippen LogP contribution >= 0.6 is 0 Å². The van der Waals surface area contributed by atoms with E-state index in [0.717, 1.165) is 51.7 Å². The van der Waals surface area contributed by atoms with Gasteiger partial charge in [-0.05, 0) is 38.5 Å². The first-order valence-electron chi connectivity index (χ1n) is 7.87. The number of urea groups is 1. The van der Waals surface area contributed by atoms with Crippen LogP contribution in [0.25, 0.3) is 0 Å². The lowest BCUT2D eigenvalue weighted by atomic mass is 9.98. The van der Waals surface area contributed by atoms with Crippen molar-refractivity contribution in [2.24, 2.45) is 0 Å². The number of carbonyl (C=O) groups is 2. The first kappa shape index (κ1) is 16.8. The highest BCUT2D eigenvalue weighted by molar-refractivity contribution is 5.75. The van der Waals surface area contributed by atoms with E-state index in [0.29, 0.717) is 6.42 Å². The molecule has 1 rings (SSSR count). The Labute approximate surface area is 121 Å². The van der Waals surface area contributed by atoms with E-state index >= 15 is 0 Å². The minimum absolute atomic E-state index is 0.101. The van der Waals surface area contributed by atoms with Crippen molar-refractivity contribution in [1.82, 2.24) is 9.80 Å². The normalized spacial score (nSPS) is 18.9. The van der Waals surface area contributed by atoms with Crippen LogP contribution in [0.1, 0.15) is 58.8 Å². The smallest absolute Gasteiger partial charge is 0.320 e. The zero-order valence-electron chi connectivity index (χ0n) is 12.8. The van der Waals surface area contributed by atoms with Crippen molar-refractivity contribution in [3.8, 4) is 0 Å². The van der Waals surface area contributed by atoms with Crippen molar-refractivity contribution in [3.05, 3.63) is 0 Å². The van der Waals surface area contributed by atoms with E-state index in [4.69, 9.17) is 5.11 Å². The molecule has 0 aliphatic carbocycles. The fourth-order valence-corrected chi connectivity index (χ4v) is 2.87. The van der Waals surface area contributed by atoms with Gasteiger partial charge in [-0.1, -0.05) is 13.8 Å². The maximum absolute atomic E-state index is 12.6. The molecule has 0 aromatic heterocycles. The van der Waals surface area contributed by atoms with Crippen LogP contribution in [0.15, 0.2) is 0 Å². The third-order valence-corrected chi connectivity index (χ3v) is 3.82. The summed E-state index contributed by atoms with van der Waals surface area (Å²) in [5.41, 5.74) is 0. The first-order chi connectivity index (χ1) is 9.60. The Balaban J connectivity index is 2.66. The minimum Gasteiger partial charge on any atom is -0.481 e. The molecule has 0 radical (unpaired) electrons. The van der Waals surface area contributed by atoms with Gasteiger partial charge in [0.1, 0.15) is 0 Å². The molecular formula is C15H28N2O3. The average Bonchev–Trinajstić information content (AvgIpc) is 2.44. The van der Waals surface area contributed by atoms with Gasteiger partial charge in [0.25, 0.3) is 0 Å². The summed E-state index contributed by atoms with van der Waals surface area (Å²) < 4.78 is 0. The Morgan fingerprint density at radius 2 is 1.85 bits per heavy atom. The van der Waals surface area contributed by atoms with Gasteiger partial charge in [-0.15, -0.1) is 0 Å². The van der Waals surface area contributed by atoms with Crippen LogP contribution < -0.4 is 0 Å². The van der Waals surface area contributed by atoms with Gasteiger partial charge in [-0.3, -0.25) is 4.79 Å². The molecule has 5 heteroatoms. The number of hydrogen-bond donors (Lipinski definition) is 1. The molecule has 20 heavy (non-hydrogen) atoms. The van der Waals surface area contributed by atoms with Crippen LogP contribution in [0, 0.1) is 0 Å². The minimum atomic E-state index is -0.776. The molecule has 0 aromatic rings. The van der Waals surface area contributed by atoms with Crippen molar-refractivity contribution in [2.75, 3.05) is 19.6 Å². The highest BCUT2D eigenvalue weighted by Crippen LogP contribution is 2.22. The molecule has 1 aliphatic rings. The zero-order valence-corrected chi connectivity index (χ0v) is 12.8. The maximum atomic E-state index is 12.6. The van der Waals surface area contributed by atoms with Crippen molar-refractivity contribution >= 4 is 12.0 Å². The molecule has 1 N–H and O–H groups in total. The van der Waals surface area contributed by atoms with Gasteiger partial charge >= 0.3 is 12.0 Å². The molecule has 0 aromatic carbocycles. The van der Waals surface area contributed by atoms with Crippen molar-refractivity contribution < 1.29 is 14.7 Å². The number of amides is 2. The summed E-state index contributed by atoms with van der Waals surface area (Å²) in [5, 5.41) is 8.83. The fourth-order valence-electron chi connectivity index (χ4n) is 2.87. The van der Waals surface area contributed by atoms with Gasteiger partial charge in [-0.25, -0.2) is 4.79 Å². The van der Waals surface area contributed by atoms with E-state index in [1.807, 2.05) is 9.80 Å². The van der Waals surface area contributed by atoms with E-state index in [-0.39, 0.29) is 18.5 Å². The molecule has 1 aliphatic heterocycles. The second kappa shape index (κ2) is 8.82. The molecule has 1 fully saturated rings. The van der Waals surface area contributed by atoms with E-state index < -0.39 is 5.97 Å². The molecule has 1 saturated heterocycles. The highest BCUT2D eigenvalue weighted by atomic mass is 16.4. The van der Waals surface area contributed by atoms with E-state index in [2.05, 4.69) is 13.8 Å². The third-order valence-electron chi connectivity index (χ3n) is 3.82. The summed E-state index contributed by atoms with van der Waals surface area (Å²) in [5.74, 6) is -0.776. The van der Waals surface area contributed by atoms with Gasteiger partial charge in [0.2, 0.25) is 0 Å². The largest absolute Gasteiger partial charge is 0.481 e. The lowest BCUT2D eigenvalue weighted by Crippen LogP contribution is -2.50. The second-order valence-electron chi connectivity index (χ2n) is 5.55. The Morgan fingerprint density at radius 1 is 1.20 bits per heavy atom. The number of nitrogens with zero attached hydrogens (tertiary/aromatic N) is 2. The van der Waals surface area contributed by atoms with Gasteiger partial charge in [-0.2, -0.15) is 0 Å². The van der Waals surface area contributed by atoms with Crippen LogP contribution in [0.5, 0.6) is 0 Å². The van der Waals surface area contributed by atoms with Crippen LogP contribution in [0.2, 0.25) is 0 Å². The zero-order chi connectivity index (χ0) is 15.0. The molecular weight excluding hydrogens is 256 g/mol. The number of piperidine rings is 1.